The van der Waals surface area contributed by atoms with Crippen molar-refractivity contribution in [1.82, 2.24) is 10.6 Å². The topological polar surface area (TPSA) is 41.1 Å². The van der Waals surface area contributed by atoms with Gasteiger partial charge < -0.3 is 10.6 Å². The Morgan fingerprint density at radius 1 is 1.28 bits per heavy atom. The molecular weight excluding hydrogens is 224 g/mol. The first-order chi connectivity index (χ1) is 8.63. The van der Waals surface area contributed by atoms with Gasteiger partial charge in [0.2, 0.25) is 5.91 Å². The van der Waals surface area contributed by atoms with Crippen molar-refractivity contribution in [2.45, 2.75) is 32.6 Å². The highest BCUT2D eigenvalue weighted by atomic mass is 16.1. The summed E-state index contributed by atoms with van der Waals surface area (Å²) in [6, 6.07) is 8.49. The monoisotopic (exact) mass is 248 g/mol. The molecule has 0 heterocycles. The van der Waals surface area contributed by atoms with E-state index in [4.69, 9.17) is 0 Å². The molecule has 100 valence electrons. The van der Waals surface area contributed by atoms with Gasteiger partial charge in [-0.1, -0.05) is 36.8 Å². The zero-order chi connectivity index (χ0) is 13.4. The largest absolute Gasteiger partial charge is 0.356 e. The Bertz CT molecular complexity index is 359. The van der Waals surface area contributed by atoms with Crippen molar-refractivity contribution in [2.75, 3.05) is 20.1 Å². The highest BCUT2D eigenvalue weighted by Crippen LogP contribution is 2.14. The van der Waals surface area contributed by atoms with Crippen LogP contribution in [0.3, 0.4) is 0 Å². The molecule has 0 radical (unpaired) electrons. The second-order valence-corrected chi connectivity index (χ2v) is 4.82. The average molecular weight is 248 g/mol. The number of carbonyl (C=O) groups excluding carboxylic acids is 1. The first kappa shape index (κ1) is 14.7. The van der Waals surface area contributed by atoms with Gasteiger partial charge in [0.05, 0.1) is 0 Å². The molecule has 1 rings (SSSR count). The van der Waals surface area contributed by atoms with Gasteiger partial charge in [0.1, 0.15) is 0 Å². The smallest absolute Gasteiger partial charge is 0.220 e. The number of benzene rings is 1. The molecule has 1 unspecified atom stereocenters. The first-order valence-electron chi connectivity index (χ1n) is 6.61. The molecule has 0 bridgehead atoms. The molecule has 3 nitrogen and oxygen atoms in total. The molecular formula is C15H24N2O. The highest BCUT2D eigenvalue weighted by molar-refractivity contribution is 5.75. The third-order valence-electron chi connectivity index (χ3n) is 3.08. The second-order valence-electron chi connectivity index (χ2n) is 4.82. The third-order valence-corrected chi connectivity index (χ3v) is 3.08. The summed E-state index contributed by atoms with van der Waals surface area (Å²) in [6.45, 7) is 5.82. The Kier molecular flexibility index (Phi) is 6.44. The van der Waals surface area contributed by atoms with E-state index >= 15 is 0 Å². The molecule has 0 aromatic heterocycles. The van der Waals surface area contributed by atoms with Crippen molar-refractivity contribution >= 4 is 5.91 Å². The Labute approximate surface area is 110 Å². The van der Waals surface area contributed by atoms with Crippen molar-refractivity contribution in [2.24, 2.45) is 0 Å². The number of nitrogens with one attached hydrogen (secondary N) is 2. The molecule has 0 aliphatic carbocycles. The SMILES string of the molecule is CNCCCC(=O)NCC(C)c1ccc(C)cc1. The summed E-state index contributed by atoms with van der Waals surface area (Å²) >= 11 is 0. The van der Waals surface area contributed by atoms with Gasteiger partial charge in [0.15, 0.2) is 0 Å². The lowest BCUT2D eigenvalue weighted by atomic mass is 10.00. The minimum atomic E-state index is 0.143. The summed E-state index contributed by atoms with van der Waals surface area (Å²) in [5.41, 5.74) is 2.54. The van der Waals surface area contributed by atoms with E-state index in [9.17, 15) is 4.79 Å². The molecule has 0 saturated heterocycles. The van der Waals surface area contributed by atoms with Gasteiger partial charge in [-0.2, -0.15) is 0 Å². The van der Waals surface area contributed by atoms with Gasteiger partial charge >= 0.3 is 0 Å². The van der Waals surface area contributed by atoms with Crippen LogP contribution in [0.2, 0.25) is 0 Å². The van der Waals surface area contributed by atoms with Crippen molar-refractivity contribution in [3.05, 3.63) is 35.4 Å². The van der Waals surface area contributed by atoms with Crippen LogP contribution >= 0.6 is 0 Å². The lowest BCUT2D eigenvalue weighted by Gasteiger charge is -2.13. The minimum absolute atomic E-state index is 0.143. The van der Waals surface area contributed by atoms with Crippen LogP contribution in [0.4, 0.5) is 0 Å². The Morgan fingerprint density at radius 3 is 2.56 bits per heavy atom. The van der Waals surface area contributed by atoms with E-state index in [1.807, 2.05) is 7.05 Å². The molecule has 1 aromatic rings. The number of hydrogen-bond acceptors (Lipinski definition) is 2. The molecule has 0 spiro atoms. The lowest BCUT2D eigenvalue weighted by Crippen LogP contribution is -2.27. The van der Waals surface area contributed by atoms with E-state index in [1.165, 1.54) is 11.1 Å². The summed E-state index contributed by atoms with van der Waals surface area (Å²) in [5, 5.41) is 6.03. The standard InChI is InChI=1S/C15H24N2O/c1-12-6-8-14(9-7-12)13(2)11-17-15(18)5-4-10-16-3/h6-9,13,16H,4-5,10-11H2,1-3H3,(H,17,18). The van der Waals surface area contributed by atoms with Crippen LogP contribution in [0.25, 0.3) is 0 Å². The summed E-state index contributed by atoms with van der Waals surface area (Å²) in [5.74, 6) is 0.503. The van der Waals surface area contributed by atoms with Crippen molar-refractivity contribution in [3.63, 3.8) is 0 Å². The molecule has 0 fully saturated rings. The molecule has 0 aliphatic heterocycles. The normalized spacial score (nSPS) is 12.2. The van der Waals surface area contributed by atoms with Crippen LogP contribution in [-0.4, -0.2) is 26.0 Å². The third kappa shape index (κ3) is 5.32. The quantitative estimate of drug-likeness (QED) is 0.726. The predicted octanol–water partition coefficient (Wildman–Crippen LogP) is 2.21. The fourth-order valence-corrected chi connectivity index (χ4v) is 1.79. The van der Waals surface area contributed by atoms with Crippen LogP contribution in [0.5, 0.6) is 0 Å². The number of aryl methyl sites for hydroxylation is 1. The van der Waals surface area contributed by atoms with E-state index in [0.29, 0.717) is 18.9 Å². The van der Waals surface area contributed by atoms with Gasteiger partial charge in [-0.3, -0.25) is 4.79 Å². The number of amides is 1. The van der Waals surface area contributed by atoms with Crippen molar-refractivity contribution in [1.29, 1.82) is 0 Å². The van der Waals surface area contributed by atoms with Crippen LogP contribution in [0.1, 0.15) is 36.8 Å². The van der Waals surface area contributed by atoms with Crippen molar-refractivity contribution in [3.8, 4) is 0 Å². The average Bonchev–Trinajstić information content (AvgIpc) is 2.37. The van der Waals surface area contributed by atoms with E-state index in [1.54, 1.807) is 0 Å². The van der Waals surface area contributed by atoms with Crippen LogP contribution in [0, 0.1) is 6.92 Å². The molecule has 1 amide bonds. The fourth-order valence-electron chi connectivity index (χ4n) is 1.79. The molecule has 0 aliphatic rings. The van der Waals surface area contributed by atoms with Gasteiger partial charge in [-0.25, -0.2) is 0 Å². The fraction of sp³-hybridized carbons (Fsp3) is 0.533. The molecule has 0 saturated carbocycles. The van der Waals surface area contributed by atoms with E-state index in [-0.39, 0.29) is 5.91 Å². The Balaban J connectivity index is 2.30. The van der Waals surface area contributed by atoms with Crippen LogP contribution < -0.4 is 10.6 Å². The summed E-state index contributed by atoms with van der Waals surface area (Å²) in [7, 11) is 1.90. The van der Waals surface area contributed by atoms with Gasteiger partial charge in [-0.15, -0.1) is 0 Å². The van der Waals surface area contributed by atoms with E-state index < -0.39 is 0 Å². The zero-order valence-corrected chi connectivity index (χ0v) is 11.6. The predicted molar refractivity (Wildman–Crippen MR) is 75.8 cm³/mol. The lowest BCUT2D eigenvalue weighted by molar-refractivity contribution is -0.121. The van der Waals surface area contributed by atoms with E-state index in [0.717, 1.165) is 13.0 Å². The first-order valence-corrected chi connectivity index (χ1v) is 6.61. The second kappa shape index (κ2) is 7.88. The minimum Gasteiger partial charge on any atom is -0.356 e. The highest BCUT2D eigenvalue weighted by Gasteiger charge is 2.07. The molecule has 2 N–H and O–H groups in total. The summed E-state index contributed by atoms with van der Waals surface area (Å²) in [6.07, 6.45) is 1.49. The Hall–Kier alpha value is -1.35. The molecule has 18 heavy (non-hydrogen) atoms. The maximum absolute atomic E-state index is 11.6. The van der Waals surface area contributed by atoms with Gasteiger partial charge in [-0.05, 0) is 38.4 Å². The molecule has 1 aromatic carbocycles. The van der Waals surface area contributed by atoms with Crippen molar-refractivity contribution < 1.29 is 4.79 Å². The number of rotatable bonds is 7. The maximum atomic E-state index is 11.6. The van der Waals surface area contributed by atoms with Gasteiger partial charge in [0.25, 0.3) is 0 Å². The van der Waals surface area contributed by atoms with Gasteiger partial charge in [0, 0.05) is 13.0 Å². The molecule has 1 atom stereocenters. The Morgan fingerprint density at radius 2 is 1.94 bits per heavy atom. The number of hydrogen-bond donors (Lipinski definition) is 2. The zero-order valence-electron chi connectivity index (χ0n) is 11.6. The maximum Gasteiger partial charge on any atom is 0.220 e. The number of carbonyl (C=O) groups is 1. The van der Waals surface area contributed by atoms with Crippen LogP contribution in [-0.2, 0) is 4.79 Å². The summed E-state index contributed by atoms with van der Waals surface area (Å²) in [4.78, 5) is 11.6. The molecule has 3 heteroatoms. The van der Waals surface area contributed by atoms with Crippen LogP contribution in [0.15, 0.2) is 24.3 Å². The summed E-state index contributed by atoms with van der Waals surface area (Å²) < 4.78 is 0. The van der Waals surface area contributed by atoms with E-state index in [2.05, 4.69) is 48.7 Å².